The number of barbiturate groups is 1. The van der Waals surface area contributed by atoms with Crippen LogP contribution in [-0.4, -0.2) is 30.0 Å². The lowest BCUT2D eigenvalue weighted by Gasteiger charge is -2.34. The predicted molar refractivity (Wildman–Crippen MR) is 75.9 cm³/mol. The average molecular weight is 291 g/mol. The molecule has 2 rings (SSSR count). The fourth-order valence-corrected chi connectivity index (χ4v) is 2.12. The van der Waals surface area contributed by atoms with Crippen LogP contribution in [0.5, 0.6) is 5.75 Å². The van der Waals surface area contributed by atoms with E-state index in [0.29, 0.717) is 18.0 Å². The van der Waals surface area contributed by atoms with Crippen LogP contribution in [-0.2, 0) is 9.59 Å². The van der Waals surface area contributed by atoms with Crippen LogP contribution in [0.1, 0.15) is 20.3 Å². The van der Waals surface area contributed by atoms with Gasteiger partial charge in [-0.15, -0.1) is 0 Å². The van der Waals surface area contributed by atoms with Crippen molar-refractivity contribution in [3.8, 4) is 5.75 Å². The molecule has 1 fully saturated rings. The van der Waals surface area contributed by atoms with Crippen molar-refractivity contribution < 1.29 is 19.1 Å². The molecule has 0 radical (unpaired) electrons. The van der Waals surface area contributed by atoms with Gasteiger partial charge in [-0.2, -0.15) is 0 Å². The first-order valence-electron chi connectivity index (χ1n) is 6.69. The van der Waals surface area contributed by atoms with Crippen LogP contribution in [0.25, 0.3) is 0 Å². The number of ether oxygens (including phenoxy) is 1. The molecule has 1 aromatic carbocycles. The monoisotopic (exact) mass is 291 g/mol. The molecule has 0 aromatic heterocycles. The summed E-state index contributed by atoms with van der Waals surface area (Å²) >= 11 is 0. The van der Waals surface area contributed by atoms with E-state index in [9.17, 15) is 14.4 Å². The van der Waals surface area contributed by atoms with Crippen molar-refractivity contribution in [1.82, 2.24) is 10.6 Å². The Hall–Kier alpha value is -2.57. The summed E-state index contributed by atoms with van der Waals surface area (Å²) in [6, 6.07) is 6.08. The van der Waals surface area contributed by atoms with Gasteiger partial charge in [0.25, 0.3) is 11.8 Å². The molecule has 0 spiro atoms. The number of nitrogens with one attached hydrogen (secondary N) is 3. The molecular formula is C14H17N3O4. The van der Waals surface area contributed by atoms with Crippen molar-refractivity contribution in [2.24, 2.45) is 0 Å². The van der Waals surface area contributed by atoms with E-state index >= 15 is 0 Å². The number of hydrogen-bond acceptors (Lipinski definition) is 5. The molecule has 7 nitrogen and oxygen atoms in total. The van der Waals surface area contributed by atoms with Gasteiger partial charge in [0.15, 0.2) is 5.54 Å². The van der Waals surface area contributed by atoms with Crippen LogP contribution in [0, 0.1) is 0 Å². The predicted octanol–water partition coefficient (Wildman–Crippen LogP) is 1.01. The maximum atomic E-state index is 12.1. The molecule has 21 heavy (non-hydrogen) atoms. The van der Waals surface area contributed by atoms with Crippen LogP contribution in [0.4, 0.5) is 10.5 Å². The van der Waals surface area contributed by atoms with Crippen molar-refractivity contribution in [2.75, 3.05) is 11.9 Å². The van der Waals surface area contributed by atoms with Crippen LogP contribution < -0.4 is 20.7 Å². The second kappa shape index (κ2) is 5.82. The summed E-state index contributed by atoms with van der Waals surface area (Å²) in [5.41, 5.74) is -0.916. The van der Waals surface area contributed by atoms with Gasteiger partial charge >= 0.3 is 6.03 Å². The maximum absolute atomic E-state index is 12.1. The first kappa shape index (κ1) is 14.8. The van der Waals surface area contributed by atoms with Crippen molar-refractivity contribution >= 4 is 23.5 Å². The third kappa shape index (κ3) is 2.81. The van der Waals surface area contributed by atoms with E-state index in [1.807, 2.05) is 6.92 Å². The molecule has 3 N–H and O–H groups in total. The lowest BCUT2D eigenvalue weighted by Crippen LogP contribution is -2.69. The molecule has 0 atom stereocenters. The molecular weight excluding hydrogens is 274 g/mol. The van der Waals surface area contributed by atoms with E-state index in [2.05, 4.69) is 16.0 Å². The van der Waals surface area contributed by atoms with E-state index in [1.54, 1.807) is 31.2 Å². The zero-order valence-electron chi connectivity index (χ0n) is 11.9. The Kier molecular flexibility index (Phi) is 4.11. The number of anilines is 1. The Morgan fingerprint density at radius 3 is 2.10 bits per heavy atom. The molecule has 0 aliphatic carbocycles. The second-order valence-electron chi connectivity index (χ2n) is 4.58. The van der Waals surface area contributed by atoms with Gasteiger partial charge in [-0.05, 0) is 37.6 Å². The summed E-state index contributed by atoms with van der Waals surface area (Å²) in [6.07, 6.45) is 0.200. The van der Waals surface area contributed by atoms with E-state index < -0.39 is 23.4 Å². The number of amides is 4. The van der Waals surface area contributed by atoms with Gasteiger partial charge in [0, 0.05) is 5.69 Å². The minimum absolute atomic E-state index is 0.200. The van der Waals surface area contributed by atoms with Gasteiger partial charge in [0.1, 0.15) is 5.75 Å². The molecule has 1 aliphatic heterocycles. The largest absolute Gasteiger partial charge is 0.494 e. The molecule has 1 heterocycles. The zero-order chi connectivity index (χ0) is 15.5. The Bertz CT molecular complexity index is 548. The third-order valence-electron chi connectivity index (χ3n) is 3.28. The summed E-state index contributed by atoms with van der Waals surface area (Å²) in [7, 11) is 0. The highest BCUT2D eigenvalue weighted by Gasteiger charge is 2.49. The Balaban J connectivity index is 2.23. The minimum Gasteiger partial charge on any atom is -0.494 e. The standard InChI is InChI=1S/C14H17N3O4/c1-3-14(11(18)15-13(20)16-12(14)19)17-9-5-7-10(8-6-9)21-4-2/h5-8,17H,3-4H2,1-2H3,(H2,15,16,18,19,20). The molecule has 1 saturated heterocycles. The quantitative estimate of drug-likeness (QED) is 0.704. The smallest absolute Gasteiger partial charge is 0.328 e. The molecule has 0 saturated carbocycles. The third-order valence-corrected chi connectivity index (χ3v) is 3.28. The summed E-state index contributed by atoms with van der Waals surface area (Å²) in [5, 5.41) is 7.11. The molecule has 0 unspecified atom stereocenters. The average Bonchev–Trinajstić information content (AvgIpc) is 2.45. The van der Waals surface area contributed by atoms with Gasteiger partial charge in [0.05, 0.1) is 6.61 Å². The van der Waals surface area contributed by atoms with Gasteiger partial charge in [-0.1, -0.05) is 6.92 Å². The van der Waals surface area contributed by atoms with Gasteiger partial charge < -0.3 is 10.1 Å². The van der Waals surface area contributed by atoms with Crippen LogP contribution in [0.2, 0.25) is 0 Å². The summed E-state index contributed by atoms with van der Waals surface area (Å²) in [6.45, 7) is 4.13. The van der Waals surface area contributed by atoms with E-state index in [0.717, 1.165) is 0 Å². The lowest BCUT2D eigenvalue weighted by atomic mass is 9.91. The van der Waals surface area contributed by atoms with E-state index in [1.165, 1.54) is 0 Å². The first-order chi connectivity index (χ1) is 10.0. The number of carbonyl (C=O) groups is 3. The van der Waals surface area contributed by atoms with E-state index in [4.69, 9.17) is 4.74 Å². The van der Waals surface area contributed by atoms with Crippen molar-refractivity contribution in [2.45, 2.75) is 25.8 Å². The van der Waals surface area contributed by atoms with Crippen molar-refractivity contribution in [1.29, 1.82) is 0 Å². The van der Waals surface area contributed by atoms with Crippen LogP contribution in [0.3, 0.4) is 0 Å². The highest BCUT2D eigenvalue weighted by Crippen LogP contribution is 2.23. The number of hydrogen-bond donors (Lipinski definition) is 3. The molecule has 112 valence electrons. The normalized spacial score (nSPS) is 17.0. The number of urea groups is 1. The highest BCUT2D eigenvalue weighted by atomic mass is 16.5. The van der Waals surface area contributed by atoms with Crippen LogP contribution >= 0.6 is 0 Å². The summed E-state index contributed by atoms with van der Waals surface area (Å²) in [4.78, 5) is 35.3. The molecule has 0 bridgehead atoms. The maximum Gasteiger partial charge on any atom is 0.328 e. The zero-order valence-corrected chi connectivity index (χ0v) is 11.9. The minimum atomic E-state index is -1.50. The Morgan fingerprint density at radius 2 is 1.62 bits per heavy atom. The fraction of sp³-hybridized carbons (Fsp3) is 0.357. The summed E-state index contributed by atoms with van der Waals surface area (Å²) < 4.78 is 5.33. The highest BCUT2D eigenvalue weighted by molar-refractivity contribution is 6.24. The topological polar surface area (TPSA) is 96.5 Å². The van der Waals surface area contributed by atoms with Crippen molar-refractivity contribution in [3.05, 3.63) is 24.3 Å². The Morgan fingerprint density at radius 1 is 1.05 bits per heavy atom. The Labute approximate surface area is 122 Å². The SMILES string of the molecule is CCOc1ccc(NC2(CC)C(=O)NC(=O)NC2=O)cc1. The molecule has 4 amide bonds. The first-order valence-corrected chi connectivity index (χ1v) is 6.69. The number of carbonyl (C=O) groups excluding carboxylic acids is 3. The summed E-state index contributed by atoms with van der Waals surface area (Å²) in [5.74, 6) is -0.624. The number of rotatable bonds is 5. The molecule has 1 aliphatic rings. The second-order valence-corrected chi connectivity index (χ2v) is 4.58. The van der Waals surface area contributed by atoms with Gasteiger partial charge in [0.2, 0.25) is 0 Å². The fourth-order valence-electron chi connectivity index (χ4n) is 2.12. The van der Waals surface area contributed by atoms with Crippen molar-refractivity contribution in [3.63, 3.8) is 0 Å². The van der Waals surface area contributed by atoms with Crippen LogP contribution in [0.15, 0.2) is 24.3 Å². The van der Waals surface area contributed by atoms with Gasteiger partial charge in [-0.25, -0.2) is 4.79 Å². The van der Waals surface area contributed by atoms with E-state index in [-0.39, 0.29) is 6.42 Å². The number of imide groups is 2. The lowest BCUT2D eigenvalue weighted by molar-refractivity contribution is -0.136. The molecule has 1 aromatic rings. The number of benzene rings is 1. The molecule has 7 heteroatoms. The van der Waals surface area contributed by atoms with Gasteiger partial charge in [-0.3, -0.25) is 20.2 Å².